The molecule has 0 spiro atoms. The van der Waals surface area contributed by atoms with Gasteiger partial charge in [-0.05, 0) is 51.0 Å². The first-order chi connectivity index (χ1) is 14.3. The molecule has 0 fully saturated rings. The molecule has 2 aromatic carbocycles. The lowest BCUT2D eigenvalue weighted by Gasteiger charge is -2.15. The Labute approximate surface area is 176 Å². The Morgan fingerprint density at radius 1 is 0.867 bits per heavy atom. The number of hydrogen-bond donors (Lipinski definition) is 1. The number of allylic oxidation sites excluding steroid dienone is 2. The number of carbonyl (C=O) groups is 2. The van der Waals surface area contributed by atoms with Crippen LogP contribution in [0.5, 0.6) is 17.2 Å². The van der Waals surface area contributed by atoms with Crippen LogP contribution in [0.2, 0.25) is 0 Å². The number of hydrogen-bond acceptors (Lipinski definition) is 7. The fraction of sp³-hybridized carbons (Fsp3) is 0.304. The number of ketones is 1. The van der Waals surface area contributed by atoms with Crippen LogP contribution in [-0.4, -0.2) is 33.1 Å². The average Bonchev–Trinajstić information content (AvgIpc) is 2.71. The summed E-state index contributed by atoms with van der Waals surface area (Å²) in [6.45, 7) is 7.42. The molecule has 0 aliphatic carbocycles. The van der Waals surface area contributed by atoms with Crippen LogP contribution < -0.4 is 19.7 Å². The molecule has 2 aromatic rings. The summed E-state index contributed by atoms with van der Waals surface area (Å²) in [5.74, 6) is 0.0252. The topological polar surface area (TPSA) is 83.1 Å². The fourth-order valence-electron chi connectivity index (χ4n) is 3.27. The molecule has 0 aliphatic rings. The summed E-state index contributed by atoms with van der Waals surface area (Å²) in [5, 5.41) is 0. The summed E-state index contributed by atoms with van der Waals surface area (Å²) < 4.78 is 15.7. The van der Waals surface area contributed by atoms with E-state index in [0.29, 0.717) is 22.8 Å². The molecule has 7 heteroatoms. The molecule has 0 saturated carbocycles. The van der Waals surface area contributed by atoms with Gasteiger partial charge in [0.1, 0.15) is 5.70 Å². The number of benzene rings is 2. The van der Waals surface area contributed by atoms with Crippen LogP contribution in [0, 0.1) is 20.8 Å². The lowest BCUT2D eigenvalue weighted by Crippen LogP contribution is -2.25. The minimum absolute atomic E-state index is 0.158. The second kappa shape index (κ2) is 9.82. The zero-order chi connectivity index (χ0) is 22.4. The summed E-state index contributed by atoms with van der Waals surface area (Å²) in [6, 6.07) is 6.82. The van der Waals surface area contributed by atoms with Gasteiger partial charge in [0.25, 0.3) is 0 Å². The summed E-state index contributed by atoms with van der Waals surface area (Å²) in [6.07, 6.45) is 1.56. The molecule has 7 nitrogen and oxygen atoms in total. The molecule has 0 unspecified atom stereocenters. The molecule has 0 aromatic heterocycles. The lowest BCUT2D eigenvalue weighted by molar-refractivity contribution is 0.0319. The molecular formula is C23H27NO6. The molecular weight excluding hydrogens is 386 g/mol. The Hall–Kier alpha value is -3.48. The fourth-order valence-corrected chi connectivity index (χ4v) is 3.27. The number of nitrogens with one attached hydrogen (secondary N) is 1. The Kier molecular flexibility index (Phi) is 7.47. The highest BCUT2D eigenvalue weighted by Crippen LogP contribution is 2.38. The monoisotopic (exact) mass is 413 g/mol. The number of carbonyl (C=O) groups excluding carboxylic acids is 2. The van der Waals surface area contributed by atoms with Crippen molar-refractivity contribution in [2.24, 2.45) is 0 Å². The lowest BCUT2D eigenvalue weighted by atomic mass is 9.95. The zero-order valence-corrected chi connectivity index (χ0v) is 18.3. The van der Waals surface area contributed by atoms with Gasteiger partial charge in [0.05, 0.1) is 26.9 Å². The van der Waals surface area contributed by atoms with E-state index in [1.165, 1.54) is 33.5 Å². The van der Waals surface area contributed by atoms with Crippen LogP contribution in [0.4, 0.5) is 0 Å². The molecule has 0 bridgehead atoms. The SMILES string of the molecule is C/C=C(\NOC(=O)c1cc(OC)c(OC)c(OC)c1)C(=O)c1c(C)cc(C)cc1C. The standard InChI is InChI=1S/C23H27NO6/c1-8-17(21(25)20-14(3)9-13(2)10-15(20)4)24-30-23(26)16-11-18(27-5)22(29-7)19(12-16)28-6/h8-12,24H,1-7H3/b17-8-. The quantitative estimate of drug-likeness (QED) is 0.396. The first-order valence-electron chi connectivity index (χ1n) is 9.33. The largest absolute Gasteiger partial charge is 0.493 e. The second-order valence-corrected chi connectivity index (χ2v) is 6.71. The van der Waals surface area contributed by atoms with Gasteiger partial charge in [-0.1, -0.05) is 23.8 Å². The molecule has 0 amide bonds. The van der Waals surface area contributed by atoms with Gasteiger partial charge >= 0.3 is 5.97 Å². The highest BCUT2D eigenvalue weighted by atomic mass is 16.7. The third kappa shape index (κ3) is 4.74. The number of aryl methyl sites for hydroxylation is 3. The number of hydroxylamine groups is 1. The smallest absolute Gasteiger partial charge is 0.363 e. The first-order valence-corrected chi connectivity index (χ1v) is 9.33. The minimum Gasteiger partial charge on any atom is -0.493 e. The highest BCUT2D eigenvalue weighted by molar-refractivity contribution is 6.10. The Morgan fingerprint density at radius 2 is 1.40 bits per heavy atom. The van der Waals surface area contributed by atoms with Crippen LogP contribution >= 0.6 is 0 Å². The van der Waals surface area contributed by atoms with Crippen molar-refractivity contribution in [3.05, 3.63) is 63.9 Å². The van der Waals surface area contributed by atoms with Gasteiger partial charge in [-0.15, -0.1) is 0 Å². The van der Waals surface area contributed by atoms with Crippen molar-refractivity contribution in [2.45, 2.75) is 27.7 Å². The maximum absolute atomic E-state index is 13.0. The summed E-state index contributed by atoms with van der Waals surface area (Å²) in [4.78, 5) is 30.7. The third-order valence-electron chi connectivity index (χ3n) is 4.59. The van der Waals surface area contributed by atoms with Crippen molar-refractivity contribution in [3.8, 4) is 17.2 Å². The van der Waals surface area contributed by atoms with Gasteiger partial charge in [0.15, 0.2) is 11.5 Å². The molecule has 0 aliphatic heterocycles. The molecule has 0 saturated heterocycles. The second-order valence-electron chi connectivity index (χ2n) is 6.71. The van der Waals surface area contributed by atoms with Gasteiger partial charge in [0.2, 0.25) is 11.5 Å². The van der Waals surface area contributed by atoms with Crippen molar-refractivity contribution in [2.75, 3.05) is 21.3 Å². The van der Waals surface area contributed by atoms with Crippen molar-refractivity contribution >= 4 is 11.8 Å². The Bertz CT molecular complexity index is 945. The van der Waals surface area contributed by atoms with Crippen molar-refractivity contribution in [1.82, 2.24) is 5.48 Å². The van der Waals surface area contributed by atoms with Gasteiger partial charge in [0, 0.05) is 5.56 Å². The van der Waals surface area contributed by atoms with Gasteiger partial charge in [-0.25, -0.2) is 10.3 Å². The molecule has 0 heterocycles. The molecule has 1 N–H and O–H groups in total. The number of methoxy groups -OCH3 is 3. The summed E-state index contributed by atoms with van der Waals surface area (Å²) >= 11 is 0. The van der Waals surface area contributed by atoms with E-state index < -0.39 is 5.97 Å². The molecule has 0 atom stereocenters. The van der Waals surface area contributed by atoms with Gasteiger partial charge in [-0.3, -0.25) is 4.79 Å². The summed E-state index contributed by atoms with van der Waals surface area (Å²) in [7, 11) is 4.37. The van der Waals surface area contributed by atoms with E-state index in [4.69, 9.17) is 19.0 Å². The maximum Gasteiger partial charge on any atom is 0.363 e. The van der Waals surface area contributed by atoms with Gasteiger partial charge in [-0.2, -0.15) is 0 Å². The van der Waals surface area contributed by atoms with Crippen LogP contribution in [0.25, 0.3) is 0 Å². The van der Waals surface area contributed by atoms with Gasteiger partial charge < -0.3 is 19.0 Å². The van der Waals surface area contributed by atoms with Crippen molar-refractivity contribution in [1.29, 1.82) is 0 Å². The van der Waals surface area contributed by atoms with Crippen molar-refractivity contribution < 1.29 is 28.6 Å². The van der Waals surface area contributed by atoms with Crippen LogP contribution in [0.3, 0.4) is 0 Å². The van der Waals surface area contributed by atoms with Crippen LogP contribution in [0.15, 0.2) is 36.0 Å². The molecule has 2 rings (SSSR count). The summed E-state index contributed by atoms with van der Waals surface area (Å²) in [5.41, 5.74) is 6.18. The van der Waals surface area contributed by atoms with E-state index in [1.54, 1.807) is 13.0 Å². The predicted molar refractivity (Wildman–Crippen MR) is 113 cm³/mol. The normalized spacial score (nSPS) is 11.0. The number of rotatable bonds is 8. The third-order valence-corrected chi connectivity index (χ3v) is 4.59. The Morgan fingerprint density at radius 3 is 1.83 bits per heavy atom. The Balaban J connectivity index is 2.23. The average molecular weight is 413 g/mol. The molecule has 160 valence electrons. The number of ether oxygens (including phenoxy) is 3. The van der Waals surface area contributed by atoms with Crippen LogP contribution in [0.1, 0.15) is 44.3 Å². The highest BCUT2D eigenvalue weighted by Gasteiger charge is 2.21. The molecule has 30 heavy (non-hydrogen) atoms. The van der Waals surface area contributed by atoms with E-state index >= 15 is 0 Å². The minimum atomic E-state index is -0.709. The zero-order valence-electron chi connectivity index (χ0n) is 18.3. The number of Topliss-reactive ketones (excluding diaryl/α,β-unsaturated/α-hetero) is 1. The maximum atomic E-state index is 13.0. The van der Waals surface area contributed by atoms with Crippen molar-refractivity contribution in [3.63, 3.8) is 0 Å². The van der Waals surface area contributed by atoms with E-state index in [0.717, 1.165) is 16.7 Å². The first kappa shape index (κ1) is 22.8. The van der Waals surface area contributed by atoms with Crippen LogP contribution in [-0.2, 0) is 4.84 Å². The predicted octanol–water partition coefficient (Wildman–Crippen LogP) is 4.09. The van der Waals surface area contributed by atoms with E-state index in [2.05, 4.69) is 5.48 Å². The van der Waals surface area contributed by atoms with E-state index in [-0.39, 0.29) is 17.0 Å². The van der Waals surface area contributed by atoms with E-state index in [1.807, 2.05) is 32.9 Å². The van der Waals surface area contributed by atoms with E-state index in [9.17, 15) is 9.59 Å². The molecule has 0 radical (unpaired) electrons.